The van der Waals surface area contributed by atoms with Gasteiger partial charge in [-0.05, 0) is 44.9 Å². The van der Waals surface area contributed by atoms with Crippen LogP contribution in [0.25, 0.3) is 0 Å². The van der Waals surface area contributed by atoms with E-state index in [2.05, 4.69) is 24.4 Å². The lowest BCUT2D eigenvalue weighted by molar-refractivity contribution is -0.161. The summed E-state index contributed by atoms with van der Waals surface area (Å²) in [5.74, 6) is -2.49. The molecule has 0 aliphatic rings. The quantitative estimate of drug-likeness (QED) is 0.0149. The van der Waals surface area contributed by atoms with Crippen molar-refractivity contribution in [2.24, 2.45) is 5.73 Å². The molecule has 0 aromatic rings. The largest absolute Gasteiger partial charge is 0.480 e. The van der Waals surface area contributed by atoms with Gasteiger partial charge in [0.1, 0.15) is 12.6 Å². The number of esters is 2. The van der Waals surface area contributed by atoms with Crippen molar-refractivity contribution in [1.82, 2.24) is 0 Å². The van der Waals surface area contributed by atoms with E-state index in [0.29, 0.717) is 32.1 Å². The molecule has 63 heavy (non-hydrogen) atoms. The van der Waals surface area contributed by atoms with Crippen molar-refractivity contribution in [2.45, 2.75) is 231 Å². The molecule has 4 atom stereocenters. The van der Waals surface area contributed by atoms with Crippen LogP contribution in [0.3, 0.4) is 0 Å². The molecule has 0 aliphatic heterocycles. The number of rotatable bonds is 46. The van der Waals surface area contributed by atoms with Gasteiger partial charge in [0.2, 0.25) is 0 Å². The summed E-state index contributed by atoms with van der Waals surface area (Å²) in [7, 11) is -4.75. The highest BCUT2D eigenvalue weighted by atomic mass is 31.2. The van der Waals surface area contributed by atoms with E-state index in [-0.39, 0.29) is 19.4 Å². The van der Waals surface area contributed by atoms with E-state index in [1.54, 1.807) is 6.08 Å². The molecule has 0 amide bonds. The summed E-state index contributed by atoms with van der Waals surface area (Å²) in [6, 6.07) is -1.54. The number of hydrogen-bond acceptors (Lipinski definition) is 10. The Balaban J connectivity index is 4.37. The van der Waals surface area contributed by atoms with E-state index in [0.717, 1.165) is 25.7 Å². The molecule has 0 heterocycles. The number of aliphatic hydroxyl groups is 1. The lowest BCUT2D eigenvalue weighted by Crippen LogP contribution is -2.34. The minimum absolute atomic E-state index is 0.0541. The zero-order valence-electron chi connectivity index (χ0n) is 39.5. The predicted molar refractivity (Wildman–Crippen MR) is 255 cm³/mol. The van der Waals surface area contributed by atoms with Gasteiger partial charge in [0.15, 0.2) is 6.10 Å². The van der Waals surface area contributed by atoms with Gasteiger partial charge in [0.25, 0.3) is 0 Å². The molecule has 0 aromatic heterocycles. The van der Waals surface area contributed by atoms with Crippen molar-refractivity contribution >= 4 is 25.7 Å². The SMILES string of the molecule is CCCCC/C=C\C[C@H](O)/C=C/C=C\C/C=C\CCCC(=O)O[C@H](COC(=O)CCCCCCCCCCCCCCCCCCCCCCC)COP(=O)(O)OC[C@H](N)C(=O)O. The zero-order valence-corrected chi connectivity index (χ0v) is 40.4. The number of unbranched alkanes of at least 4 members (excludes halogenated alkanes) is 24. The van der Waals surface area contributed by atoms with Crippen LogP contribution >= 0.6 is 7.82 Å². The first kappa shape index (κ1) is 60.4. The smallest absolute Gasteiger partial charge is 0.472 e. The van der Waals surface area contributed by atoms with Gasteiger partial charge in [-0.25, -0.2) is 4.57 Å². The minimum atomic E-state index is -4.75. The normalized spacial score (nSPS) is 14.5. The fourth-order valence-electron chi connectivity index (χ4n) is 6.73. The molecule has 0 spiro atoms. The summed E-state index contributed by atoms with van der Waals surface area (Å²) < 4.78 is 32.7. The topological polar surface area (TPSA) is 192 Å². The monoisotopic (exact) mass is 912 g/mol. The maximum atomic E-state index is 12.6. The van der Waals surface area contributed by atoms with Crippen molar-refractivity contribution in [3.05, 3.63) is 48.6 Å². The summed E-state index contributed by atoms with van der Waals surface area (Å²) in [6.45, 7) is 2.66. The zero-order chi connectivity index (χ0) is 46.5. The van der Waals surface area contributed by atoms with Crippen molar-refractivity contribution in [1.29, 1.82) is 0 Å². The highest BCUT2D eigenvalue weighted by molar-refractivity contribution is 7.47. The third kappa shape index (κ3) is 44.4. The second-order valence-electron chi connectivity index (χ2n) is 16.8. The summed E-state index contributed by atoms with van der Waals surface area (Å²) in [5, 5.41) is 19.0. The minimum Gasteiger partial charge on any atom is -0.480 e. The first-order chi connectivity index (χ1) is 30.5. The van der Waals surface area contributed by atoms with Gasteiger partial charge in [-0.15, -0.1) is 0 Å². The second kappa shape index (κ2) is 44.6. The number of carbonyl (C=O) groups is 3. The van der Waals surface area contributed by atoms with Gasteiger partial charge in [0, 0.05) is 12.8 Å². The number of nitrogens with two attached hydrogens (primary N) is 1. The number of aliphatic carboxylic acids is 1. The summed E-state index contributed by atoms with van der Waals surface area (Å²) >= 11 is 0. The van der Waals surface area contributed by atoms with Gasteiger partial charge >= 0.3 is 25.7 Å². The maximum Gasteiger partial charge on any atom is 0.472 e. The number of phosphoric acid groups is 1. The van der Waals surface area contributed by atoms with Crippen LogP contribution in [-0.2, 0) is 37.5 Å². The van der Waals surface area contributed by atoms with E-state index >= 15 is 0 Å². The summed E-state index contributed by atoms with van der Waals surface area (Å²) in [5.41, 5.74) is 5.34. The number of hydrogen-bond donors (Lipinski definition) is 4. The molecular formula is C50H90NO11P. The van der Waals surface area contributed by atoms with Crippen molar-refractivity contribution in [3.8, 4) is 0 Å². The Hall–Kier alpha value is -2.60. The molecule has 0 saturated heterocycles. The second-order valence-corrected chi connectivity index (χ2v) is 18.3. The molecule has 1 unspecified atom stereocenters. The number of ether oxygens (including phenoxy) is 2. The first-order valence-corrected chi connectivity index (χ1v) is 26.3. The molecule has 0 radical (unpaired) electrons. The number of allylic oxidation sites excluding steroid dienone is 6. The van der Waals surface area contributed by atoms with Crippen LogP contribution < -0.4 is 5.73 Å². The van der Waals surface area contributed by atoms with Crippen LogP contribution in [0.1, 0.15) is 213 Å². The molecule has 0 aromatic carbocycles. The van der Waals surface area contributed by atoms with Crippen molar-refractivity contribution < 1.29 is 52.6 Å². The number of carbonyl (C=O) groups excluding carboxylic acids is 2. The van der Waals surface area contributed by atoms with E-state index in [9.17, 15) is 28.9 Å². The van der Waals surface area contributed by atoms with Gasteiger partial charge in [0.05, 0.1) is 19.3 Å². The number of carboxylic acids is 1. The fraction of sp³-hybridized carbons (Fsp3) is 0.780. The van der Waals surface area contributed by atoms with Crippen LogP contribution in [-0.4, -0.2) is 71.1 Å². The molecule has 0 bridgehead atoms. The maximum absolute atomic E-state index is 12.6. The molecule has 0 fully saturated rings. The van der Waals surface area contributed by atoms with Crippen molar-refractivity contribution in [2.75, 3.05) is 19.8 Å². The predicted octanol–water partition coefficient (Wildman–Crippen LogP) is 12.7. The summed E-state index contributed by atoms with van der Waals surface area (Å²) in [6.07, 6.45) is 47.8. The average molecular weight is 912 g/mol. The van der Waals surface area contributed by atoms with E-state index in [1.807, 2.05) is 36.5 Å². The van der Waals surface area contributed by atoms with Crippen molar-refractivity contribution in [3.63, 3.8) is 0 Å². The van der Waals surface area contributed by atoms with Crippen LogP contribution in [0.15, 0.2) is 48.6 Å². The molecular weight excluding hydrogens is 822 g/mol. The van der Waals surface area contributed by atoms with Gasteiger partial charge in [-0.2, -0.15) is 0 Å². The lowest BCUT2D eigenvalue weighted by atomic mass is 10.0. The third-order valence-electron chi connectivity index (χ3n) is 10.7. The van der Waals surface area contributed by atoms with Crippen LogP contribution in [0.5, 0.6) is 0 Å². The van der Waals surface area contributed by atoms with E-state index in [1.165, 1.54) is 128 Å². The Kier molecular flexibility index (Phi) is 42.8. The molecule has 0 aliphatic carbocycles. The highest BCUT2D eigenvalue weighted by Crippen LogP contribution is 2.43. The van der Waals surface area contributed by atoms with Crippen LogP contribution in [0.2, 0.25) is 0 Å². The first-order valence-electron chi connectivity index (χ1n) is 24.8. The van der Waals surface area contributed by atoms with Gasteiger partial charge in [-0.3, -0.25) is 23.4 Å². The molecule has 0 rings (SSSR count). The fourth-order valence-corrected chi connectivity index (χ4v) is 7.51. The Bertz CT molecular complexity index is 1270. The molecule has 5 N–H and O–H groups in total. The number of carboxylic acid groups (broad SMARTS) is 1. The molecule has 13 heteroatoms. The Labute approximate surface area is 382 Å². The lowest BCUT2D eigenvalue weighted by Gasteiger charge is -2.20. The standard InChI is InChI=1S/C50H90NO11P/c1-3-5-7-9-11-12-13-14-15-16-17-18-19-20-21-22-23-24-28-32-36-40-48(53)59-42-46(43-60-63(57,58)61-44-47(51)50(55)56)62-49(54)41-37-33-29-26-25-27-31-35-39-45(52)38-34-30-10-8-6-4-2/h26-27,29-31,34-35,39,45-47,52H,3-25,28,32-33,36-38,40-44,51H2,1-2H3,(H,55,56)(H,57,58)/b29-26-,31-27-,34-30-,39-35+/t45-,46+,47-/m0/s1. The number of aliphatic hydroxyl groups excluding tert-OH is 1. The molecule has 12 nitrogen and oxygen atoms in total. The highest BCUT2D eigenvalue weighted by Gasteiger charge is 2.28. The Morgan fingerprint density at radius 3 is 1.60 bits per heavy atom. The number of phosphoric ester groups is 1. The Morgan fingerprint density at radius 1 is 0.571 bits per heavy atom. The van der Waals surface area contributed by atoms with Crippen LogP contribution in [0.4, 0.5) is 0 Å². The van der Waals surface area contributed by atoms with E-state index in [4.69, 9.17) is 24.8 Å². The third-order valence-corrected chi connectivity index (χ3v) is 11.6. The Morgan fingerprint density at radius 2 is 1.05 bits per heavy atom. The molecule has 0 saturated carbocycles. The van der Waals surface area contributed by atoms with Gasteiger partial charge < -0.3 is 30.3 Å². The van der Waals surface area contributed by atoms with E-state index < -0.39 is 57.2 Å². The average Bonchev–Trinajstić information content (AvgIpc) is 3.26. The van der Waals surface area contributed by atoms with Crippen LogP contribution in [0, 0.1) is 0 Å². The molecule has 366 valence electrons. The summed E-state index contributed by atoms with van der Waals surface area (Å²) in [4.78, 5) is 46.1. The van der Waals surface area contributed by atoms with Gasteiger partial charge in [-0.1, -0.05) is 204 Å².